The first-order valence-electron chi connectivity index (χ1n) is 3.04. The minimum Gasteiger partial charge on any atom is -0.0684 e. The summed E-state index contributed by atoms with van der Waals surface area (Å²) < 4.78 is -1.92. The Kier molecular flexibility index (Phi) is 5.63. The van der Waals surface area contributed by atoms with E-state index >= 15 is 0 Å². The van der Waals surface area contributed by atoms with Gasteiger partial charge in [0, 0.05) is 6.16 Å². The molecule has 0 saturated carbocycles. The van der Waals surface area contributed by atoms with Gasteiger partial charge in [-0.3, -0.25) is 0 Å². The van der Waals surface area contributed by atoms with Gasteiger partial charge in [-0.15, -0.1) is 0 Å². The number of hydrogen-bond acceptors (Lipinski definition) is 1. The molecule has 9 heavy (non-hydrogen) atoms. The zero-order chi connectivity index (χ0) is 7.33. The normalized spacial score (nSPS) is 11.9. The highest BCUT2D eigenvalue weighted by Crippen LogP contribution is 2.57. The second kappa shape index (κ2) is 4.96. The first-order valence-corrected chi connectivity index (χ1v) is 7.84. The Morgan fingerprint density at radius 1 is 1.33 bits per heavy atom. The van der Waals surface area contributed by atoms with Gasteiger partial charge in [-0.1, -0.05) is 54.1 Å². The molecule has 0 nitrogen and oxygen atoms in total. The quantitative estimate of drug-likeness (QED) is 0.494. The van der Waals surface area contributed by atoms with Crippen molar-refractivity contribution >= 4 is 39.0 Å². The third kappa shape index (κ3) is 9.23. The lowest BCUT2D eigenvalue weighted by Gasteiger charge is -2.01. The molecule has 0 N–H and O–H groups in total. The number of rotatable bonds is 4. The Morgan fingerprint density at radius 2 is 1.89 bits per heavy atom. The summed E-state index contributed by atoms with van der Waals surface area (Å²) in [7, 11) is 0. The van der Waals surface area contributed by atoms with Crippen molar-refractivity contribution in [2.24, 2.45) is 0 Å². The molecule has 0 radical (unpaired) electrons. The van der Waals surface area contributed by atoms with Crippen LogP contribution in [0.3, 0.4) is 0 Å². The predicted octanol–water partition coefficient (Wildman–Crippen LogP) is 3.96. The molecule has 0 amide bonds. The minimum absolute atomic E-state index is 0.833. The van der Waals surface area contributed by atoms with Crippen molar-refractivity contribution in [3.05, 3.63) is 0 Å². The van der Waals surface area contributed by atoms with E-state index in [0.717, 1.165) is 12.6 Å². The fraction of sp³-hybridized carbons (Fsp3) is 1.00. The van der Waals surface area contributed by atoms with Crippen LogP contribution >= 0.6 is 27.2 Å². The Morgan fingerprint density at radius 3 is 2.22 bits per heavy atom. The summed E-state index contributed by atoms with van der Waals surface area (Å²) in [5.41, 5.74) is 0. The van der Waals surface area contributed by atoms with E-state index in [9.17, 15) is 0 Å². The van der Waals surface area contributed by atoms with Crippen LogP contribution in [0.1, 0.15) is 26.2 Å². The fourth-order valence-corrected chi connectivity index (χ4v) is 2.24. The van der Waals surface area contributed by atoms with E-state index in [1.54, 1.807) is 0 Å². The number of hydrogen-bond donors (Lipinski definition) is 0. The molecule has 0 atom stereocenters. The summed E-state index contributed by atoms with van der Waals surface area (Å²) in [6, 6.07) is 0. The molecule has 0 bridgehead atoms. The maximum atomic E-state index is 5.66. The van der Waals surface area contributed by atoms with Crippen molar-refractivity contribution in [3.8, 4) is 0 Å². The smallest absolute Gasteiger partial charge is 0.0684 e. The van der Waals surface area contributed by atoms with Gasteiger partial charge < -0.3 is 0 Å². The summed E-state index contributed by atoms with van der Waals surface area (Å²) in [6.45, 7) is 2.14. The second-order valence-electron chi connectivity index (χ2n) is 2.00. The third-order valence-electron chi connectivity index (χ3n) is 1.02. The van der Waals surface area contributed by atoms with E-state index in [0.29, 0.717) is 0 Å². The van der Waals surface area contributed by atoms with Gasteiger partial charge in [0.1, 0.15) is 4.74 Å². The van der Waals surface area contributed by atoms with Crippen LogP contribution in [0.4, 0.5) is 0 Å². The van der Waals surface area contributed by atoms with Crippen molar-refractivity contribution in [1.82, 2.24) is 0 Å². The molecule has 0 rings (SSSR count). The highest BCUT2D eigenvalue weighted by molar-refractivity contribution is 8.39. The van der Waals surface area contributed by atoms with Gasteiger partial charge in [0.25, 0.3) is 0 Å². The van der Waals surface area contributed by atoms with Gasteiger partial charge in [0.15, 0.2) is 0 Å². The van der Waals surface area contributed by atoms with Gasteiger partial charge in [-0.05, 0) is 6.42 Å². The molecule has 0 aromatic rings. The lowest BCUT2D eigenvalue weighted by molar-refractivity contribution is 0.778. The monoisotopic (exact) mass is 204 g/mol. The molecule has 0 saturated heterocycles. The SMILES string of the molecule is CCCCCP(=S)(Cl)Cl. The maximum Gasteiger partial charge on any atom is 0.120 e. The van der Waals surface area contributed by atoms with E-state index < -0.39 is 4.74 Å². The lowest BCUT2D eigenvalue weighted by Crippen LogP contribution is -1.77. The van der Waals surface area contributed by atoms with Crippen LogP contribution in [-0.4, -0.2) is 6.16 Å². The molecular weight excluding hydrogens is 194 g/mol. The molecule has 0 aliphatic rings. The Balaban J connectivity index is 3.18. The molecule has 0 fully saturated rings. The standard InChI is InChI=1S/C5H11Cl2PS/c1-2-3-4-5-8(6,7)9/h2-5H2,1H3. The largest absolute Gasteiger partial charge is 0.120 e. The molecule has 0 aliphatic heterocycles. The molecule has 0 aliphatic carbocycles. The Hall–Kier alpha value is 1.23. The van der Waals surface area contributed by atoms with Crippen molar-refractivity contribution < 1.29 is 0 Å². The summed E-state index contributed by atoms with van der Waals surface area (Å²) in [5.74, 6) is 0. The van der Waals surface area contributed by atoms with Crippen molar-refractivity contribution in [1.29, 1.82) is 0 Å². The molecule has 0 aromatic heterocycles. The van der Waals surface area contributed by atoms with Gasteiger partial charge in [0.2, 0.25) is 0 Å². The lowest BCUT2D eigenvalue weighted by atomic mass is 10.3. The van der Waals surface area contributed by atoms with E-state index in [-0.39, 0.29) is 0 Å². The van der Waals surface area contributed by atoms with Crippen molar-refractivity contribution in [2.75, 3.05) is 6.16 Å². The van der Waals surface area contributed by atoms with Gasteiger partial charge in [0.05, 0.1) is 0 Å². The van der Waals surface area contributed by atoms with Crippen LogP contribution < -0.4 is 0 Å². The maximum absolute atomic E-state index is 5.66. The van der Waals surface area contributed by atoms with E-state index in [1.165, 1.54) is 12.8 Å². The molecule has 0 heterocycles. The second-order valence-corrected chi connectivity index (χ2v) is 10.6. The highest BCUT2D eigenvalue weighted by Gasteiger charge is 2.05. The average Bonchev–Trinajstić information content (AvgIpc) is 1.63. The summed E-state index contributed by atoms with van der Waals surface area (Å²) in [5, 5.41) is 0. The number of halogens is 2. The van der Waals surface area contributed by atoms with Crippen LogP contribution in [0.5, 0.6) is 0 Å². The van der Waals surface area contributed by atoms with Crippen LogP contribution in [0.25, 0.3) is 0 Å². The van der Waals surface area contributed by atoms with Crippen LogP contribution in [-0.2, 0) is 11.8 Å². The Labute approximate surface area is 71.5 Å². The van der Waals surface area contributed by atoms with E-state index in [2.05, 4.69) is 6.92 Å². The van der Waals surface area contributed by atoms with E-state index in [4.69, 9.17) is 34.3 Å². The van der Waals surface area contributed by atoms with E-state index in [1.807, 2.05) is 0 Å². The minimum atomic E-state index is -1.92. The van der Waals surface area contributed by atoms with Gasteiger partial charge in [-0.2, -0.15) is 0 Å². The fourth-order valence-electron chi connectivity index (χ4n) is 0.546. The molecule has 56 valence electrons. The number of unbranched alkanes of at least 4 members (excludes halogenated alkanes) is 2. The molecule has 0 unspecified atom stereocenters. The van der Waals surface area contributed by atoms with Gasteiger partial charge in [-0.25, -0.2) is 0 Å². The van der Waals surface area contributed by atoms with Crippen LogP contribution in [0, 0.1) is 0 Å². The van der Waals surface area contributed by atoms with Crippen LogP contribution in [0.2, 0.25) is 0 Å². The highest BCUT2D eigenvalue weighted by atomic mass is 35.9. The first-order chi connectivity index (χ1) is 4.06. The molecular formula is C5H11Cl2PS. The average molecular weight is 205 g/mol. The van der Waals surface area contributed by atoms with Crippen molar-refractivity contribution in [2.45, 2.75) is 26.2 Å². The molecule has 4 heteroatoms. The third-order valence-corrected chi connectivity index (χ3v) is 3.42. The zero-order valence-corrected chi connectivity index (χ0v) is 8.66. The van der Waals surface area contributed by atoms with Gasteiger partial charge >= 0.3 is 0 Å². The first kappa shape index (κ1) is 10.2. The topological polar surface area (TPSA) is 0 Å². The molecule has 0 aromatic carbocycles. The summed E-state index contributed by atoms with van der Waals surface area (Å²) >= 11 is 16.2. The predicted molar refractivity (Wildman–Crippen MR) is 50.4 cm³/mol. The van der Waals surface area contributed by atoms with Crippen molar-refractivity contribution in [3.63, 3.8) is 0 Å². The summed E-state index contributed by atoms with van der Waals surface area (Å²) in [4.78, 5) is 0. The molecule has 0 spiro atoms. The zero-order valence-electron chi connectivity index (χ0n) is 5.44. The summed E-state index contributed by atoms with van der Waals surface area (Å²) in [6.07, 6.45) is 4.31. The Bertz CT molecular complexity index is 110. The van der Waals surface area contributed by atoms with Crippen LogP contribution in [0.15, 0.2) is 0 Å².